The fourth-order valence-corrected chi connectivity index (χ4v) is 447. The Bertz CT molecular complexity index is 2320. The first-order valence-electron chi connectivity index (χ1n) is 19.5. The van der Waals surface area contributed by atoms with Gasteiger partial charge in [0.1, 0.15) is 12.0 Å². The van der Waals surface area contributed by atoms with Gasteiger partial charge in [0.2, 0.25) is 0 Å². The van der Waals surface area contributed by atoms with Gasteiger partial charge < -0.3 is 15.5 Å². The molecule has 9 nitrogen and oxygen atoms in total. The predicted molar refractivity (Wildman–Crippen MR) is 417 cm³/mol. The third-order valence-electron chi connectivity index (χ3n) is 8.78. The Balaban J connectivity index is 0.000000380. The molecular weight excluding hydrogens is 1540 g/mol. The van der Waals surface area contributed by atoms with Crippen molar-refractivity contribution in [2.45, 2.75) is 50.1 Å². The van der Waals surface area contributed by atoms with Crippen LogP contribution in [-0.4, -0.2) is 46.5 Å². The van der Waals surface area contributed by atoms with Crippen molar-refractivity contribution in [1.82, 2.24) is 25.5 Å². The molecule has 2 aromatic heterocycles. The van der Waals surface area contributed by atoms with E-state index in [4.69, 9.17) is 10.2 Å². The van der Waals surface area contributed by atoms with Crippen LogP contribution in [0.5, 0.6) is 0 Å². The summed E-state index contributed by atoms with van der Waals surface area (Å²) in [5, 5.41) is 10.3. The molecule has 0 saturated carbocycles. The molecule has 4 aromatic rings. The van der Waals surface area contributed by atoms with Crippen molar-refractivity contribution in [2.75, 3.05) is 12.3 Å². The van der Waals surface area contributed by atoms with E-state index in [1.54, 1.807) is 25.1 Å². The van der Waals surface area contributed by atoms with Gasteiger partial charge in [0, 0.05) is 18.7 Å². The van der Waals surface area contributed by atoms with Gasteiger partial charge in [-0.15, -0.1) is 162 Å². The quantitative estimate of drug-likeness (QED) is 0.0622. The van der Waals surface area contributed by atoms with Gasteiger partial charge >= 0.3 is 0 Å². The predicted octanol–water partition coefficient (Wildman–Crippen LogP) is 23.7. The fraction of sp³-hybridized carbons (Fsp3) is 0.308. The van der Waals surface area contributed by atoms with E-state index < -0.39 is 27.1 Å². The lowest BCUT2D eigenvalue weighted by Crippen LogP contribution is -2.21. The van der Waals surface area contributed by atoms with E-state index in [2.05, 4.69) is 177 Å². The van der Waals surface area contributed by atoms with Crippen LogP contribution in [0.1, 0.15) is 32.8 Å². The highest BCUT2D eigenvalue weighted by Crippen LogP contribution is 3.39. The first-order valence-corrected chi connectivity index (χ1v) is 80.6. The van der Waals surface area contributed by atoms with Crippen molar-refractivity contribution in [3.63, 3.8) is 0 Å². The van der Waals surface area contributed by atoms with Gasteiger partial charge in [-0.3, -0.25) is 0 Å². The molecule has 2 aromatic carbocycles. The van der Waals surface area contributed by atoms with Crippen LogP contribution in [0.3, 0.4) is 0 Å². The normalized spacial score (nSPS) is 15.1. The Kier molecular flexibility index (Phi) is 40.6. The standard InChI is InChI=1S/C26H28F2N6O3S.H35P33/c1-4-16(3)38(35,36)19-8-6-18(7-9-19)22-14-31-24(29)23(32-22)26-34-33-25(37-26)20-10-5-17(11-21(20)28)13-30-12-15(2)27;1-18-27(19(2)3)31(26(16)17)33(30(24(12)13)25(14)15)32(28(20(4)5)21(6)7)29(22(8)9)23(10)11/h5-11,14-16,30H,4,12-13H2,1-3H3,(H2,29,31);18H,1-17H2/t15-,16?;/m1./s1. The smallest absolute Gasteiger partial charge is 0.270 e. The van der Waals surface area contributed by atoms with E-state index in [-0.39, 0.29) is 145 Å². The van der Waals surface area contributed by atoms with Crippen molar-refractivity contribution in [3.05, 3.63) is 60.0 Å². The zero-order chi connectivity index (χ0) is 53.8. The number of hydrogen-bond donors (Lipinski definition) is 2. The number of rotatable bonds is 25. The molecule has 45 heteroatoms. The maximum Gasteiger partial charge on any atom is 0.270 e. The SMILES string of the molecule is CCC(C)S(=O)(=O)c1ccc(-c2cnc(N)c(-c3nnc(-c4ccc(CNC[C@@H](C)F)cc4F)o3)n2)cc1.PPP(P(P)P)P(P(P)P)P(P(P(P)P)P(P)P)P(P(P(P)P)P(P)P)P(P(P)P)P(P)P. The summed E-state index contributed by atoms with van der Waals surface area (Å²) in [6.45, 7) is 5.09. The molecule has 0 aliphatic carbocycles. The van der Waals surface area contributed by atoms with Gasteiger partial charge in [0.05, 0.1) is 27.6 Å². The van der Waals surface area contributed by atoms with Gasteiger partial charge in [0.15, 0.2) is 21.3 Å². The number of alkyl halides is 1. The van der Waals surface area contributed by atoms with Crippen LogP contribution in [0, 0.1) is 5.82 Å². The van der Waals surface area contributed by atoms with Crippen LogP contribution in [-0.2, 0) is 16.4 Å². The first kappa shape index (κ1) is 75.7. The lowest BCUT2D eigenvalue weighted by atomic mass is 10.1. The number of hydrogen-bond acceptors (Lipinski definition) is 9. The maximum atomic E-state index is 14.8. The number of anilines is 1. The van der Waals surface area contributed by atoms with Gasteiger partial charge in [0.25, 0.3) is 11.8 Å². The van der Waals surface area contributed by atoms with Crippen LogP contribution in [0.4, 0.5) is 14.6 Å². The molecule has 23 atom stereocenters. The molecule has 2 heterocycles. The van der Waals surface area contributed by atoms with Crippen molar-refractivity contribution < 1.29 is 21.6 Å². The minimum atomic E-state index is -3.42. The molecule has 22 unspecified atom stereocenters. The largest absolute Gasteiger partial charge is 0.414 e. The summed E-state index contributed by atoms with van der Waals surface area (Å²) < 4.78 is 58.6. The number of benzene rings is 2. The van der Waals surface area contributed by atoms with Crippen molar-refractivity contribution in [1.29, 1.82) is 0 Å². The zero-order valence-corrected chi connectivity index (χ0v) is 73.0. The third kappa shape index (κ3) is 23.4. The average Bonchev–Trinajstić information content (AvgIpc) is 3.76. The first-order chi connectivity index (χ1) is 33.1. The minimum Gasteiger partial charge on any atom is -0.414 e. The average molecular weight is 1600 g/mol. The van der Waals surface area contributed by atoms with Crippen molar-refractivity contribution in [3.8, 4) is 34.3 Å². The molecule has 4 rings (SSSR count). The molecule has 3 N–H and O–H groups in total. The number of nitrogens with one attached hydrogen (secondary N) is 1. The highest BCUT2D eigenvalue weighted by molar-refractivity contribution is 9.45. The highest BCUT2D eigenvalue weighted by Gasteiger charge is 2.52. The summed E-state index contributed by atoms with van der Waals surface area (Å²) in [7, 11) is 54.1. The lowest BCUT2D eigenvalue weighted by molar-refractivity contribution is 0.344. The topological polar surface area (TPSA) is 137 Å². The maximum absolute atomic E-state index is 14.8. The fourth-order valence-electron chi connectivity index (χ4n) is 5.47. The molecular formula is C26H63F2N6O3P33S. The minimum absolute atomic E-state index is 0.0163. The summed E-state index contributed by atoms with van der Waals surface area (Å²) in [5.41, 5.74) is 7.86. The summed E-state index contributed by atoms with van der Waals surface area (Å²) >= 11 is 0. The van der Waals surface area contributed by atoms with E-state index >= 15 is 0 Å². The van der Waals surface area contributed by atoms with E-state index in [1.165, 1.54) is 37.4 Å². The van der Waals surface area contributed by atoms with E-state index in [9.17, 15) is 17.2 Å². The van der Waals surface area contributed by atoms with Gasteiger partial charge in [-0.05, 0) is 155 Å². The molecule has 0 bridgehead atoms. The Morgan fingerprint density at radius 1 is 0.704 bits per heavy atom. The van der Waals surface area contributed by atoms with Crippen LogP contribution >= 0.6 is 265 Å². The van der Waals surface area contributed by atoms with Crippen molar-refractivity contribution >= 4 is 280 Å². The summed E-state index contributed by atoms with van der Waals surface area (Å²) in [6, 6.07) is 10.8. The van der Waals surface area contributed by atoms with Crippen LogP contribution in [0.25, 0.3) is 34.3 Å². The molecule has 0 aliphatic rings. The Morgan fingerprint density at radius 2 is 1.18 bits per heavy atom. The monoisotopic (exact) mass is 1600 g/mol. The van der Waals surface area contributed by atoms with Gasteiger partial charge in [-0.2, -0.15) is 0 Å². The zero-order valence-electron chi connectivity index (χ0n) is 38.2. The Morgan fingerprint density at radius 3 is 1.61 bits per heavy atom. The van der Waals surface area contributed by atoms with Crippen LogP contribution in [0.2, 0.25) is 0 Å². The van der Waals surface area contributed by atoms with Gasteiger partial charge in [-0.25, -0.2) is 27.2 Å². The van der Waals surface area contributed by atoms with E-state index in [1.807, 2.05) is 6.92 Å². The van der Waals surface area contributed by atoms with Crippen molar-refractivity contribution in [2.24, 2.45) is 0 Å². The van der Waals surface area contributed by atoms with E-state index in [0.29, 0.717) is 29.8 Å². The molecule has 0 fully saturated rings. The number of sulfone groups is 1. The molecule has 0 saturated heterocycles. The second kappa shape index (κ2) is 38.1. The third-order valence-corrected chi connectivity index (χ3v) is 231. The molecule has 400 valence electrons. The summed E-state index contributed by atoms with van der Waals surface area (Å²) in [4.78, 5) is 8.86. The number of nitrogens with zero attached hydrogens (tertiary/aromatic N) is 4. The lowest BCUT2D eigenvalue weighted by Gasteiger charge is -2.53. The number of nitrogen functional groups attached to an aromatic ring is 1. The highest BCUT2D eigenvalue weighted by atomic mass is 33.5. The van der Waals surface area contributed by atoms with Crippen LogP contribution < -0.4 is 11.1 Å². The second-order valence-corrected chi connectivity index (χ2v) is 148. The number of aromatic nitrogens is 4. The number of halogens is 2. The Labute approximate surface area is 479 Å². The number of nitrogens with two attached hydrogens (primary N) is 1. The molecule has 71 heavy (non-hydrogen) atoms. The Hall–Kier alpha value is 10.4. The molecule has 0 amide bonds. The van der Waals surface area contributed by atoms with Crippen LogP contribution in [0.15, 0.2) is 58.0 Å². The molecule has 0 radical (unpaired) electrons. The van der Waals surface area contributed by atoms with E-state index in [0.717, 1.165) is 7.96 Å². The summed E-state index contributed by atoms with van der Waals surface area (Å²) in [5.74, 6) is -0.664. The summed E-state index contributed by atoms with van der Waals surface area (Å²) in [6.07, 6.45) is 0.952. The van der Waals surface area contributed by atoms with Gasteiger partial charge in [-0.1, -0.05) is 33.1 Å². The molecule has 0 aliphatic heterocycles. The molecule has 0 spiro atoms. The second-order valence-electron chi connectivity index (χ2n) is 14.0.